The molecule has 85 valence electrons. The van der Waals surface area contributed by atoms with Crippen LogP contribution in [0.1, 0.15) is 12.8 Å². The van der Waals surface area contributed by atoms with Crippen LogP contribution in [0.5, 0.6) is 0 Å². The summed E-state index contributed by atoms with van der Waals surface area (Å²) in [5, 5.41) is 0. The molecule has 4 nitrogen and oxygen atoms in total. The Morgan fingerprint density at radius 3 is 2.60 bits per heavy atom. The number of likely N-dealkylation sites (tertiary alicyclic amines) is 1. The van der Waals surface area contributed by atoms with Gasteiger partial charge in [-0.25, -0.2) is 0 Å². The largest absolute Gasteiger partial charge is 0.304 e. The Bertz CT molecular complexity index is 214. The zero-order chi connectivity index (χ0) is 10.7. The summed E-state index contributed by atoms with van der Waals surface area (Å²) in [4.78, 5) is 17.8. The van der Waals surface area contributed by atoms with E-state index in [4.69, 9.17) is 0 Å². The summed E-state index contributed by atoms with van der Waals surface area (Å²) in [6.07, 6.45) is 4.29. The van der Waals surface area contributed by atoms with Gasteiger partial charge in [-0.3, -0.25) is 14.6 Å². The van der Waals surface area contributed by atoms with Crippen molar-refractivity contribution in [2.24, 2.45) is 0 Å². The molecule has 2 aliphatic rings. The average Bonchev–Trinajstić information content (AvgIpc) is 2.69. The number of likely N-dealkylation sites (N-methyl/N-ethyl adjacent to an activating group) is 1. The van der Waals surface area contributed by atoms with E-state index in [1.165, 1.54) is 0 Å². The van der Waals surface area contributed by atoms with E-state index in [2.05, 4.69) is 28.0 Å². The topological polar surface area (TPSA) is 26.8 Å². The van der Waals surface area contributed by atoms with Crippen molar-refractivity contribution in [3.63, 3.8) is 0 Å². The standard InChI is InChI=1S/C11H20N3O/c1-12-5-7-13(8-6-12)10-14-4-2-3-11(14)9-15/h11H,2-8,10H2,1H3. The average molecular weight is 210 g/mol. The fourth-order valence-corrected chi connectivity index (χ4v) is 2.38. The van der Waals surface area contributed by atoms with Gasteiger partial charge in [0.1, 0.15) is 0 Å². The lowest BCUT2D eigenvalue weighted by atomic mass is 10.2. The van der Waals surface area contributed by atoms with E-state index >= 15 is 0 Å². The Morgan fingerprint density at radius 1 is 1.20 bits per heavy atom. The molecule has 0 aromatic heterocycles. The molecule has 4 heteroatoms. The molecule has 0 aliphatic carbocycles. The highest BCUT2D eigenvalue weighted by Gasteiger charge is 2.26. The molecule has 2 saturated heterocycles. The van der Waals surface area contributed by atoms with Gasteiger partial charge >= 0.3 is 0 Å². The second-order valence-corrected chi connectivity index (χ2v) is 4.65. The third kappa shape index (κ3) is 2.77. The van der Waals surface area contributed by atoms with Crippen LogP contribution >= 0.6 is 0 Å². The van der Waals surface area contributed by atoms with Crippen LogP contribution in [0.25, 0.3) is 0 Å². The number of carbonyl (C=O) groups excluding carboxylic acids is 1. The summed E-state index contributed by atoms with van der Waals surface area (Å²) in [7, 11) is 2.16. The van der Waals surface area contributed by atoms with E-state index in [0.29, 0.717) is 0 Å². The lowest BCUT2D eigenvalue weighted by molar-refractivity contribution is 0.0877. The summed E-state index contributed by atoms with van der Waals surface area (Å²) in [6.45, 7) is 6.55. The SMILES string of the molecule is CN1CCN(CN2CCCC2[C]=O)CC1. The first-order chi connectivity index (χ1) is 7.29. The van der Waals surface area contributed by atoms with Crippen LogP contribution in [-0.2, 0) is 4.79 Å². The highest BCUT2D eigenvalue weighted by molar-refractivity contribution is 5.58. The number of nitrogens with zero attached hydrogens (tertiary/aromatic N) is 3. The smallest absolute Gasteiger partial charge is 0.217 e. The van der Waals surface area contributed by atoms with Gasteiger partial charge in [-0.1, -0.05) is 0 Å². The van der Waals surface area contributed by atoms with E-state index < -0.39 is 0 Å². The van der Waals surface area contributed by atoms with Gasteiger partial charge in [0.25, 0.3) is 0 Å². The van der Waals surface area contributed by atoms with Crippen molar-refractivity contribution in [1.29, 1.82) is 0 Å². The summed E-state index contributed by atoms with van der Waals surface area (Å²) < 4.78 is 0. The Balaban J connectivity index is 1.78. The molecule has 0 spiro atoms. The predicted octanol–water partition coefficient (Wildman–Crippen LogP) is -0.235. The van der Waals surface area contributed by atoms with Crippen LogP contribution in [0, 0.1) is 0 Å². The molecule has 15 heavy (non-hydrogen) atoms. The third-order valence-electron chi connectivity index (χ3n) is 3.48. The van der Waals surface area contributed by atoms with Crippen LogP contribution in [-0.4, -0.2) is 73.5 Å². The number of rotatable bonds is 3. The van der Waals surface area contributed by atoms with Gasteiger partial charge in [0.05, 0.1) is 12.7 Å². The number of piperazine rings is 1. The molecule has 0 N–H and O–H groups in total. The van der Waals surface area contributed by atoms with Gasteiger partial charge in [0.15, 0.2) is 0 Å². The van der Waals surface area contributed by atoms with Gasteiger partial charge in [-0.05, 0) is 19.9 Å². The van der Waals surface area contributed by atoms with Crippen molar-refractivity contribution in [2.75, 3.05) is 46.4 Å². The zero-order valence-corrected chi connectivity index (χ0v) is 9.48. The molecule has 0 aromatic carbocycles. The number of hydrogen-bond acceptors (Lipinski definition) is 4. The minimum Gasteiger partial charge on any atom is -0.304 e. The van der Waals surface area contributed by atoms with Crippen LogP contribution in [0.15, 0.2) is 0 Å². The second kappa shape index (κ2) is 5.05. The van der Waals surface area contributed by atoms with E-state index in [1.807, 2.05) is 0 Å². The lowest BCUT2D eigenvalue weighted by Crippen LogP contribution is -2.49. The maximum absolute atomic E-state index is 10.7. The van der Waals surface area contributed by atoms with Gasteiger partial charge < -0.3 is 4.90 Å². The minimum absolute atomic E-state index is 0.0599. The molecule has 0 saturated carbocycles. The van der Waals surface area contributed by atoms with Gasteiger partial charge in [-0.2, -0.15) is 0 Å². The van der Waals surface area contributed by atoms with Gasteiger partial charge in [-0.15, -0.1) is 0 Å². The van der Waals surface area contributed by atoms with Crippen molar-refractivity contribution in [3.8, 4) is 0 Å². The Kier molecular flexibility index (Phi) is 3.72. The first-order valence-corrected chi connectivity index (χ1v) is 5.82. The monoisotopic (exact) mass is 210 g/mol. The molecule has 2 rings (SSSR count). The lowest BCUT2D eigenvalue weighted by Gasteiger charge is -2.35. The molecule has 2 fully saturated rings. The first kappa shape index (κ1) is 11.0. The van der Waals surface area contributed by atoms with Crippen molar-refractivity contribution in [2.45, 2.75) is 18.9 Å². The molecule has 2 heterocycles. The summed E-state index contributed by atoms with van der Waals surface area (Å²) in [5.74, 6) is 0. The third-order valence-corrected chi connectivity index (χ3v) is 3.48. The first-order valence-electron chi connectivity index (χ1n) is 5.82. The molecule has 1 radical (unpaired) electrons. The summed E-state index contributed by atoms with van der Waals surface area (Å²) in [5.41, 5.74) is 0. The summed E-state index contributed by atoms with van der Waals surface area (Å²) >= 11 is 0. The Hall–Kier alpha value is -0.450. The zero-order valence-electron chi connectivity index (χ0n) is 9.48. The second-order valence-electron chi connectivity index (χ2n) is 4.65. The number of hydrogen-bond donors (Lipinski definition) is 0. The molecule has 0 aromatic rings. The van der Waals surface area contributed by atoms with Gasteiger partial charge in [0.2, 0.25) is 6.29 Å². The van der Waals surface area contributed by atoms with Crippen LogP contribution in [0.2, 0.25) is 0 Å². The van der Waals surface area contributed by atoms with Crippen molar-refractivity contribution in [3.05, 3.63) is 0 Å². The van der Waals surface area contributed by atoms with E-state index in [0.717, 1.165) is 52.2 Å². The molecule has 0 bridgehead atoms. The quantitative estimate of drug-likeness (QED) is 0.643. The fraction of sp³-hybridized carbons (Fsp3) is 0.909. The normalized spacial score (nSPS) is 30.9. The van der Waals surface area contributed by atoms with Crippen molar-refractivity contribution >= 4 is 6.29 Å². The predicted molar refractivity (Wildman–Crippen MR) is 59.4 cm³/mol. The van der Waals surface area contributed by atoms with E-state index in [-0.39, 0.29) is 6.04 Å². The van der Waals surface area contributed by atoms with Crippen LogP contribution < -0.4 is 0 Å². The molecule has 0 amide bonds. The highest BCUT2D eigenvalue weighted by atomic mass is 16.1. The molecular weight excluding hydrogens is 190 g/mol. The molecule has 1 atom stereocenters. The maximum Gasteiger partial charge on any atom is 0.217 e. The minimum atomic E-state index is 0.0599. The van der Waals surface area contributed by atoms with Gasteiger partial charge in [0, 0.05) is 32.7 Å². The Morgan fingerprint density at radius 2 is 1.93 bits per heavy atom. The van der Waals surface area contributed by atoms with Crippen LogP contribution in [0.3, 0.4) is 0 Å². The molecule has 2 aliphatic heterocycles. The summed E-state index contributed by atoms with van der Waals surface area (Å²) in [6, 6.07) is 0.0599. The molecular formula is C11H20N3O. The van der Waals surface area contributed by atoms with Crippen molar-refractivity contribution < 1.29 is 4.79 Å². The molecule has 1 unspecified atom stereocenters. The van der Waals surface area contributed by atoms with E-state index in [1.54, 1.807) is 0 Å². The maximum atomic E-state index is 10.7. The van der Waals surface area contributed by atoms with Crippen molar-refractivity contribution in [1.82, 2.24) is 14.7 Å². The van der Waals surface area contributed by atoms with E-state index in [9.17, 15) is 4.79 Å². The Labute approximate surface area is 91.8 Å². The fourth-order valence-electron chi connectivity index (χ4n) is 2.38. The highest BCUT2D eigenvalue weighted by Crippen LogP contribution is 2.16. The van der Waals surface area contributed by atoms with Crippen LogP contribution in [0.4, 0.5) is 0 Å².